The van der Waals surface area contributed by atoms with Gasteiger partial charge in [0.1, 0.15) is 11.6 Å². The van der Waals surface area contributed by atoms with E-state index in [1.54, 1.807) is 26.5 Å². The summed E-state index contributed by atoms with van der Waals surface area (Å²) < 4.78 is 24.1. The third-order valence-electron chi connectivity index (χ3n) is 4.66. The van der Waals surface area contributed by atoms with Crippen molar-refractivity contribution >= 4 is 41.1 Å². The molecular formula is C24H24ClFN4O4. The first-order valence-corrected chi connectivity index (χ1v) is 10.6. The first-order valence-electron chi connectivity index (χ1n) is 10.2. The van der Waals surface area contributed by atoms with E-state index in [4.69, 9.17) is 26.2 Å². The number of anilines is 3. The molecule has 0 aliphatic heterocycles. The monoisotopic (exact) mass is 486 g/mol. The minimum atomic E-state index is -1.03. The Morgan fingerprint density at radius 1 is 1.21 bits per heavy atom. The second-order valence-electron chi connectivity index (χ2n) is 7.26. The van der Waals surface area contributed by atoms with Crippen LogP contribution in [-0.2, 0) is 14.3 Å². The predicted molar refractivity (Wildman–Crippen MR) is 130 cm³/mol. The second-order valence-corrected chi connectivity index (χ2v) is 7.67. The zero-order valence-electron chi connectivity index (χ0n) is 18.6. The number of methoxy groups -OCH3 is 2. The van der Waals surface area contributed by atoms with Crippen molar-refractivity contribution in [2.24, 2.45) is 0 Å². The van der Waals surface area contributed by atoms with Gasteiger partial charge in [0.2, 0.25) is 5.95 Å². The van der Waals surface area contributed by atoms with Crippen LogP contribution in [0.2, 0.25) is 5.02 Å². The third-order valence-corrected chi connectivity index (χ3v) is 4.95. The highest BCUT2D eigenvalue weighted by Crippen LogP contribution is 2.29. The molecule has 0 bridgehead atoms. The molecular weight excluding hydrogens is 463 g/mol. The summed E-state index contributed by atoms with van der Waals surface area (Å²) in [5.41, 5.74) is 2.70. The number of nitrogens with one attached hydrogen (secondary N) is 2. The SMILES string of the molecule is COCC(COC)Nc1nc(Nc2ccc(F)c(Cl)c2)ncc1-c1cccc(/C=C/C(=O)O)c1. The smallest absolute Gasteiger partial charge is 0.328 e. The van der Waals surface area contributed by atoms with Crippen molar-refractivity contribution in [3.63, 3.8) is 0 Å². The Morgan fingerprint density at radius 2 is 1.97 bits per heavy atom. The molecule has 1 heterocycles. The molecule has 2 aromatic carbocycles. The van der Waals surface area contributed by atoms with Crippen LogP contribution in [-0.4, -0.2) is 54.5 Å². The largest absolute Gasteiger partial charge is 0.478 e. The first kappa shape index (κ1) is 25.1. The number of nitrogens with zero attached hydrogens (tertiary/aromatic N) is 2. The van der Waals surface area contributed by atoms with Gasteiger partial charge in [-0.25, -0.2) is 14.2 Å². The quantitative estimate of drug-likeness (QED) is 0.330. The van der Waals surface area contributed by atoms with Crippen LogP contribution in [0.5, 0.6) is 0 Å². The van der Waals surface area contributed by atoms with E-state index in [0.29, 0.717) is 35.8 Å². The molecule has 34 heavy (non-hydrogen) atoms. The molecule has 0 aliphatic rings. The summed E-state index contributed by atoms with van der Waals surface area (Å²) in [5, 5.41) is 15.2. The standard InChI is InChI=1S/C24H24ClFN4O4/c1-33-13-18(14-34-2)28-23-19(16-5-3-4-15(10-16)6-9-22(31)32)12-27-24(30-23)29-17-7-8-21(26)20(25)11-17/h3-12,18H,13-14H2,1-2H3,(H,31,32)(H2,27,28,29,30)/b9-6+. The summed E-state index contributed by atoms with van der Waals surface area (Å²) in [7, 11) is 3.18. The fourth-order valence-electron chi connectivity index (χ4n) is 3.17. The fourth-order valence-corrected chi connectivity index (χ4v) is 3.35. The number of aromatic nitrogens is 2. The Labute approximate surface area is 201 Å². The van der Waals surface area contributed by atoms with Crippen LogP contribution in [0.1, 0.15) is 5.56 Å². The molecule has 8 nitrogen and oxygen atoms in total. The topological polar surface area (TPSA) is 106 Å². The maximum absolute atomic E-state index is 13.5. The number of ether oxygens (including phenoxy) is 2. The van der Waals surface area contributed by atoms with E-state index in [0.717, 1.165) is 11.6 Å². The van der Waals surface area contributed by atoms with Crippen LogP contribution in [0.15, 0.2) is 54.7 Å². The van der Waals surface area contributed by atoms with Gasteiger partial charge in [0.15, 0.2) is 0 Å². The lowest BCUT2D eigenvalue weighted by atomic mass is 10.0. The number of hydrogen-bond donors (Lipinski definition) is 3. The van der Waals surface area contributed by atoms with Gasteiger partial charge in [-0.3, -0.25) is 0 Å². The summed E-state index contributed by atoms with van der Waals surface area (Å²) >= 11 is 5.88. The van der Waals surface area contributed by atoms with Crippen molar-refractivity contribution in [3.8, 4) is 11.1 Å². The zero-order valence-corrected chi connectivity index (χ0v) is 19.3. The Morgan fingerprint density at radius 3 is 2.65 bits per heavy atom. The molecule has 0 saturated heterocycles. The van der Waals surface area contributed by atoms with E-state index in [-0.39, 0.29) is 17.0 Å². The fraction of sp³-hybridized carbons (Fsp3) is 0.208. The van der Waals surface area contributed by atoms with Crippen molar-refractivity contribution in [2.75, 3.05) is 38.1 Å². The first-order chi connectivity index (χ1) is 16.4. The summed E-state index contributed by atoms with van der Waals surface area (Å²) in [6.45, 7) is 0.740. The number of carboxylic acid groups (broad SMARTS) is 1. The van der Waals surface area contributed by atoms with E-state index < -0.39 is 11.8 Å². The Bertz CT molecular complexity index is 1170. The molecule has 1 aromatic heterocycles. The molecule has 0 unspecified atom stereocenters. The van der Waals surface area contributed by atoms with Gasteiger partial charge in [-0.05, 0) is 41.5 Å². The molecule has 0 saturated carbocycles. The summed E-state index contributed by atoms with van der Waals surface area (Å²) in [6.07, 6.45) is 4.22. The number of hydrogen-bond acceptors (Lipinski definition) is 7. The van der Waals surface area contributed by atoms with Gasteiger partial charge >= 0.3 is 5.97 Å². The lowest BCUT2D eigenvalue weighted by Gasteiger charge is -2.20. The van der Waals surface area contributed by atoms with Gasteiger partial charge < -0.3 is 25.2 Å². The summed E-state index contributed by atoms with van der Waals surface area (Å²) in [6, 6.07) is 11.3. The lowest BCUT2D eigenvalue weighted by Crippen LogP contribution is -2.30. The van der Waals surface area contributed by atoms with Gasteiger partial charge in [0, 0.05) is 37.7 Å². The average Bonchev–Trinajstić information content (AvgIpc) is 2.81. The number of halogens is 2. The van der Waals surface area contributed by atoms with Crippen molar-refractivity contribution in [3.05, 3.63) is 71.1 Å². The minimum Gasteiger partial charge on any atom is -0.478 e. The predicted octanol–water partition coefficient (Wildman–Crippen LogP) is 4.85. The molecule has 0 fully saturated rings. The van der Waals surface area contributed by atoms with E-state index in [9.17, 15) is 9.18 Å². The maximum atomic E-state index is 13.5. The molecule has 178 valence electrons. The van der Waals surface area contributed by atoms with Crippen molar-refractivity contribution in [1.82, 2.24) is 9.97 Å². The van der Waals surface area contributed by atoms with Crippen molar-refractivity contribution in [1.29, 1.82) is 0 Å². The van der Waals surface area contributed by atoms with E-state index in [2.05, 4.69) is 20.6 Å². The average molecular weight is 487 g/mol. The zero-order chi connectivity index (χ0) is 24.5. The maximum Gasteiger partial charge on any atom is 0.328 e. The molecule has 0 aliphatic carbocycles. The van der Waals surface area contributed by atoms with Crippen molar-refractivity contribution < 1.29 is 23.8 Å². The molecule has 10 heteroatoms. The van der Waals surface area contributed by atoms with E-state index in [1.807, 2.05) is 18.2 Å². The van der Waals surface area contributed by atoms with E-state index in [1.165, 1.54) is 24.3 Å². The van der Waals surface area contributed by atoms with Crippen LogP contribution < -0.4 is 10.6 Å². The number of rotatable bonds is 11. The van der Waals surface area contributed by atoms with Gasteiger partial charge in [-0.1, -0.05) is 29.8 Å². The Hall–Kier alpha value is -3.53. The summed E-state index contributed by atoms with van der Waals surface area (Å²) in [5.74, 6) is -0.785. The molecule has 0 radical (unpaired) electrons. The molecule has 0 spiro atoms. The van der Waals surface area contributed by atoms with Gasteiger partial charge in [-0.2, -0.15) is 4.98 Å². The van der Waals surface area contributed by atoms with Crippen LogP contribution in [0, 0.1) is 5.82 Å². The number of aliphatic carboxylic acids is 1. The van der Waals surface area contributed by atoms with Gasteiger partial charge in [-0.15, -0.1) is 0 Å². The van der Waals surface area contributed by atoms with Crippen LogP contribution in [0.25, 0.3) is 17.2 Å². The van der Waals surface area contributed by atoms with Crippen LogP contribution in [0.3, 0.4) is 0 Å². The highest BCUT2D eigenvalue weighted by molar-refractivity contribution is 6.31. The molecule has 3 aromatic rings. The van der Waals surface area contributed by atoms with E-state index >= 15 is 0 Å². The highest BCUT2D eigenvalue weighted by Gasteiger charge is 2.16. The Kier molecular flexibility index (Phi) is 8.92. The Balaban J connectivity index is 1.99. The van der Waals surface area contributed by atoms with Gasteiger partial charge in [0.05, 0.1) is 24.3 Å². The molecule has 3 N–H and O–H groups in total. The lowest BCUT2D eigenvalue weighted by molar-refractivity contribution is -0.131. The molecule has 3 rings (SSSR count). The third kappa shape index (κ3) is 6.98. The normalized spacial score (nSPS) is 11.2. The molecule has 0 atom stereocenters. The summed E-state index contributed by atoms with van der Waals surface area (Å²) in [4.78, 5) is 19.9. The van der Waals surface area contributed by atoms with Gasteiger partial charge in [0.25, 0.3) is 0 Å². The molecule has 0 amide bonds. The number of carbonyl (C=O) groups is 1. The number of carboxylic acids is 1. The second kappa shape index (κ2) is 12.1. The number of benzene rings is 2. The van der Waals surface area contributed by atoms with Crippen LogP contribution >= 0.6 is 11.6 Å². The van der Waals surface area contributed by atoms with Crippen molar-refractivity contribution in [2.45, 2.75) is 6.04 Å². The highest BCUT2D eigenvalue weighted by atomic mass is 35.5. The van der Waals surface area contributed by atoms with Crippen LogP contribution in [0.4, 0.5) is 21.8 Å². The minimum absolute atomic E-state index is 0.0218.